The van der Waals surface area contributed by atoms with E-state index in [0.29, 0.717) is 0 Å². The van der Waals surface area contributed by atoms with E-state index in [-0.39, 0.29) is 18.5 Å². The van der Waals surface area contributed by atoms with Crippen molar-refractivity contribution in [2.75, 3.05) is 13.6 Å². The van der Waals surface area contributed by atoms with Gasteiger partial charge in [0.15, 0.2) is 5.84 Å². The van der Waals surface area contributed by atoms with Crippen LogP contribution in [0.4, 0.5) is 13.2 Å². The molecule has 0 radical (unpaired) electrons. The van der Waals surface area contributed by atoms with E-state index in [2.05, 4.69) is 5.16 Å². The lowest BCUT2D eigenvalue weighted by atomic mass is 10.0. The number of nitrogens with zero attached hydrogens (tertiary/aromatic N) is 2. The molecule has 17 heavy (non-hydrogen) atoms. The van der Waals surface area contributed by atoms with E-state index < -0.39 is 17.9 Å². The Morgan fingerprint density at radius 2 is 1.82 bits per heavy atom. The number of hydrogen-bond acceptors (Lipinski definition) is 3. The quantitative estimate of drug-likeness (QED) is 0.341. The zero-order valence-electron chi connectivity index (χ0n) is 10.5. The number of alkyl halides is 3. The molecular formula is C10H20F3N3O. The minimum atomic E-state index is -4.51. The van der Waals surface area contributed by atoms with Crippen LogP contribution in [-0.4, -0.2) is 41.8 Å². The first kappa shape index (κ1) is 16.0. The maximum absolute atomic E-state index is 12.7. The molecular weight excluding hydrogens is 235 g/mol. The summed E-state index contributed by atoms with van der Waals surface area (Å²) in [5, 5.41) is 10.8. The number of amidine groups is 1. The standard InChI is InChI=1S/C10H20F3N3O/c1-6(2)7(3)16(4)5-8(9(14)15-17)10(11,12)13/h6-8,17H,5H2,1-4H3,(H2,14,15). The third-order valence-corrected chi connectivity index (χ3v) is 3.00. The highest BCUT2D eigenvalue weighted by molar-refractivity contribution is 5.83. The number of nitrogens with two attached hydrogens (primary N) is 1. The lowest BCUT2D eigenvalue weighted by Crippen LogP contribution is -2.46. The van der Waals surface area contributed by atoms with Gasteiger partial charge in [-0.1, -0.05) is 19.0 Å². The number of halogens is 3. The molecule has 4 nitrogen and oxygen atoms in total. The summed E-state index contributed by atoms with van der Waals surface area (Å²) in [6.07, 6.45) is -4.51. The van der Waals surface area contributed by atoms with Crippen molar-refractivity contribution in [3.63, 3.8) is 0 Å². The van der Waals surface area contributed by atoms with Crippen molar-refractivity contribution in [1.29, 1.82) is 0 Å². The maximum atomic E-state index is 12.7. The highest BCUT2D eigenvalue weighted by Crippen LogP contribution is 2.27. The van der Waals surface area contributed by atoms with Crippen LogP contribution < -0.4 is 5.73 Å². The Morgan fingerprint density at radius 1 is 1.35 bits per heavy atom. The Morgan fingerprint density at radius 3 is 2.12 bits per heavy atom. The third-order valence-electron chi connectivity index (χ3n) is 3.00. The molecule has 0 aliphatic carbocycles. The Balaban J connectivity index is 4.78. The average Bonchev–Trinajstić information content (AvgIpc) is 2.21. The van der Waals surface area contributed by atoms with Gasteiger partial charge in [-0.15, -0.1) is 0 Å². The minimum Gasteiger partial charge on any atom is -0.409 e. The van der Waals surface area contributed by atoms with Gasteiger partial charge < -0.3 is 15.8 Å². The zero-order valence-corrected chi connectivity index (χ0v) is 10.5. The van der Waals surface area contributed by atoms with Crippen LogP contribution in [0.25, 0.3) is 0 Å². The fourth-order valence-electron chi connectivity index (χ4n) is 1.40. The van der Waals surface area contributed by atoms with Crippen LogP contribution in [0.15, 0.2) is 5.16 Å². The van der Waals surface area contributed by atoms with Crippen LogP contribution >= 0.6 is 0 Å². The largest absolute Gasteiger partial charge is 0.409 e. The Kier molecular flexibility index (Phi) is 5.74. The molecule has 0 aromatic heterocycles. The second kappa shape index (κ2) is 6.09. The molecule has 0 heterocycles. The zero-order chi connectivity index (χ0) is 13.8. The number of rotatable bonds is 5. The Hall–Kier alpha value is -0.980. The molecule has 3 N–H and O–H groups in total. The third kappa shape index (κ3) is 4.80. The lowest BCUT2D eigenvalue weighted by molar-refractivity contribution is -0.160. The second-order valence-electron chi connectivity index (χ2n) is 4.54. The first-order valence-corrected chi connectivity index (χ1v) is 5.35. The molecule has 7 heteroatoms. The van der Waals surface area contributed by atoms with E-state index >= 15 is 0 Å². The van der Waals surface area contributed by atoms with Gasteiger partial charge in [0.25, 0.3) is 0 Å². The Labute approximate surface area is 99.3 Å². The van der Waals surface area contributed by atoms with Gasteiger partial charge in [-0.05, 0) is 19.9 Å². The van der Waals surface area contributed by atoms with Gasteiger partial charge >= 0.3 is 6.18 Å². The molecule has 0 aromatic rings. The molecule has 0 aromatic carbocycles. The van der Waals surface area contributed by atoms with Gasteiger partial charge in [-0.25, -0.2) is 0 Å². The van der Waals surface area contributed by atoms with Gasteiger partial charge in [-0.3, -0.25) is 0 Å². The normalized spacial score (nSPS) is 17.6. The summed E-state index contributed by atoms with van der Waals surface area (Å²) < 4.78 is 38.1. The molecule has 0 spiro atoms. The fraction of sp³-hybridized carbons (Fsp3) is 0.900. The van der Waals surface area contributed by atoms with E-state index in [1.807, 2.05) is 20.8 Å². The second-order valence-corrected chi connectivity index (χ2v) is 4.54. The van der Waals surface area contributed by atoms with Crippen molar-refractivity contribution in [3.05, 3.63) is 0 Å². The molecule has 0 saturated heterocycles. The van der Waals surface area contributed by atoms with Crippen LogP contribution in [0, 0.1) is 11.8 Å². The minimum absolute atomic E-state index is 0.0219. The summed E-state index contributed by atoms with van der Waals surface area (Å²) >= 11 is 0. The SMILES string of the molecule is CC(C)C(C)N(C)CC(C(N)=NO)C(F)(F)F. The molecule has 0 saturated carbocycles. The van der Waals surface area contributed by atoms with Gasteiger partial charge in [0.1, 0.15) is 5.92 Å². The fourth-order valence-corrected chi connectivity index (χ4v) is 1.40. The molecule has 0 amide bonds. The lowest BCUT2D eigenvalue weighted by Gasteiger charge is -2.31. The smallest absolute Gasteiger partial charge is 0.400 e. The van der Waals surface area contributed by atoms with Crippen LogP contribution in [0.5, 0.6) is 0 Å². The van der Waals surface area contributed by atoms with E-state index in [1.165, 1.54) is 0 Å². The first-order chi connectivity index (χ1) is 7.61. The predicted molar refractivity (Wildman–Crippen MR) is 59.9 cm³/mol. The summed E-state index contributed by atoms with van der Waals surface area (Å²) in [6, 6.07) is -0.0219. The van der Waals surface area contributed by atoms with E-state index in [4.69, 9.17) is 10.9 Å². The molecule has 2 atom stereocenters. The van der Waals surface area contributed by atoms with Gasteiger partial charge in [0, 0.05) is 12.6 Å². The molecule has 0 rings (SSSR count). The summed E-state index contributed by atoms with van der Waals surface area (Å²) in [6.45, 7) is 5.36. The summed E-state index contributed by atoms with van der Waals surface area (Å²) in [5.41, 5.74) is 5.08. The highest BCUT2D eigenvalue weighted by atomic mass is 19.4. The van der Waals surface area contributed by atoms with Crippen molar-refractivity contribution >= 4 is 5.84 Å². The number of hydrogen-bond donors (Lipinski definition) is 2. The topological polar surface area (TPSA) is 61.8 Å². The predicted octanol–water partition coefficient (Wildman–Crippen LogP) is 1.89. The van der Waals surface area contributed by atoms with Gasteiger partial charge in [-0.2, -0.15) is 13.2 Å². The van der Waals surface area contributed by atoms with Crippen molar-refractivity contribution in [3.8, 4) is 0 Å². The van der Waals surface area contributed by atoms with E-state index in [0.717, 1.165) is 0 Å². The van der Waals surface area contributed by atoms with Crippen LogP contribution in [0.3, 0.4) is 0 Å². The van der Waals surface area contributed by atoms with Gasteiger partial charge in [0.2, 0.25) is 0 Å². The average molecular weight is 255 g/mol. The molecule has 0 fully saturated rings. The van der Waals surface area contributed by atoms with Crippen LogP contribution in [0.1, 0.15) is 20.8 Å². The van der Waals surface area contributed by atoms with Crippen LogP contribution in [0.2, 0.25) is 0 Å². The van der Waals surface area contributed by atoms with Crippen molar-refractivity contribution in [2.45, 2.75) is 33.0 Å². The van der Waals surface area contributed by atoms with Crippen molar-refractivity contribution in [2.24, 2.45) is 22.7 Å². The van der Waals surface area contributed by atoms with Gasteiger partial charge in [0.05, 0.1) is 0 Å². The molecule has 102 valence electrons. The molecule has 0 bridgehead atoms. The number of oxime groups is 1. The van der Waals surface area contributed by atoms with Crippen molar-refractivity contribution < 1.29 is 18.4 Å². The first-order valence-electron chi connectivity index (χ1n) is 5.35. The highest BCUT2D eigenvalue weighted by Gasteiger charge is 2.43. The summed E-state index contributed by atoms with van der Waals surface area (Å²) in [4.78, 5) is 1.56. The monoisotopic (exact) mass is 255 g/mol. The van der Waals surface area contributed by atoms with E-state index in [9.17, 15) is 13.2 Å². The Bertz CT molecular complexity index is 266. The van der Waals surface area contributed by atoms with Crippen molar-refractivity contribution in [1.82, 2.24) is 4.90 Å². The maximum Gasteiger partial charge on any atom is 0.400 e. The van der Waals surface area contributed by atoms with E-state index in [1.54, 1.807) is 11.9 Å². The summed E-state index contributed by atoms with van der Waals surface area (Å²) in [7, 11) is 1.59. The van der Waals surface area contributed by atoms with Crippen LogP contribution in [-0.2, 0) is 0 Å². The molecule has 0 aliphatic rings. The molecule has 0 aliphatic heterocycles. The molecule has 2 unspecified atom stereocenters. The summed E-state index contributed by atoms with van der Waals surface area (Å²) in [5.74, 6) is -2.53.